The molecule has 6 nitrogen and oxygen atoms in total. The van der Waals surface area contributed by atoms with E-state index in [0.717, 1.165) is 21.9 Å². The van der Waals surface area contributed by atoms with E-state index in [4.69, 9.17) is 10.5 Å². The van der Waals surface area contributed by atoms with E-state index in [0.29, 0.717) is 18.7 Å². The van der Waals surface area contributed by atoms with Gasteiger partial charge in [0.05, 0.1) is 18.7 Å². The van der Waals surface area contributed by atoms with Gasteiger partial charge in [0.2, 0.25) is 11.8 Å². The second-order valence-corrected chi connectivity index (χ2v) is 7.35. The normalized spacial score (nSPS) is 11.6. The van der Waals surface area contributed by atoms with E-state index in [1.807, 2.05) is 66.9 Å². The van der Waals surface area contributed by atoms with E-state index >= 15 is 0 Å². The highest BCUT2D eigenvalue weighted by molar-refractivity contribution is 7.13. The van der Waals surface area contributed by atoms with Crippen molar-refractivity contribution in [2.45, 2.75) is 25.8 Å². The van der Waals surface area contributed by atoms with Crippen molar-refractivity contribution >= 4 is 23.2 Å². The average molecular weight is 410 g/mol. The van der Waals surface area contributed by atoms with Crippen molar-refractivity contribution < 1.29 is 14.3 Å². The number of hydrogen-bond acceptors (Lipinski definition) is 5. The van der Waals surface area contributed by atoms with Crippen LogP contribution in [0, 0.1) is 0 Å². The summed E-state index contributed by atoms with van der Waals surface area (Å²) in [5.74, 6) is -0.0350. The Morgan fingerprint density at radius 2 is 1.86 bits per heavy atom. The zero-order valence-electron chi connectivity index (χ0n) is 16.1. The first-order valence-electron chi connectivity index (χ1n) is 9.35. The molecule has 1 heterocycles. The third kappa shape index (κ3) is 5.89. The van der Waals surface area contributed by atoms with E-state index < -0.39 is 11.9 Å². The van der Waals surface area contributed by atoms with Crippen LogP contribution in [0.5, 0.6) is 5.75 Å². The summed E-state index contributed by atoms with van der Waals surface area (Å²) in [6.45, 7) is 2.56. The van der Waals surface area contributed by atoms with Gasteiger partial charge >= 0.3 is 0 Å². The van der Waals surface area contributed by atoms with Crippen LogP contribution >= 0.6 is 11.3 Å². The summed E-state index contributed by atoms with van der Waals surface area (Å²) in [7, 11) is 0. The average Bonchev–Trinajstić information content (AvgIpc) is 3.17. The third-order valence-corrected chi connectivity index (χ3v) is 5.21. The molecule has 1 unspecified atom stereocenters. The Hall–Kier alpha value is -3.19. The summed E-state index contributed by atoms with van der Waals surface area (Å²) < 4.78 is 5.45. The van der Waals surface area contributed by atoms with Crippen molar-refractivity contribution in [1.29, 1.82) is 0 Å². The summed E-state index contributed by atoms with van der Waals surface area (Å²) in [6.07, 6.45) is 0.447. The first-order valence-corrected chi connectivity index (χ1v) is 10.2. The van der Waals surface area contributed by atoms with Gasteiger partial charge in [-0.15, -0.1) is 11.3 Å². The summed E-state index contributed by atoms with van der Waals surface area (Å²) in [6, 6.07) is 16.4. The number of nitrogens with two attached hydrogens (primary N) is 1. The van der Waals surface area contributed by atoms with Gasteiger partial charge in [0.1, 0.15) is 16.8 Å². The maximum Gasteiger partial charge on any atom is 0.240 e. The molecule has 3 N–H and O–H groups in total. The van der Waals surface area contributed by atoms with Crippen molar-refractivity contribution in [3.8, 4) is 16.3 Å². The molecule has 0 bridgehead atoms. The molecule has 0 radical (unpaired) electrons. The number of hydrogen-bond donors (Lipinski definition) is 2. The largest absolute Gasteiger partial charge is 0.494 e. The van der Waals surface area contributed by atoms with E-state index in [1.165, 1.54) is 11.3 Å². The van der Waals surface area contributed by atoms with E-state index in [1.54, 1.807) is 0 Å². The molecule has 2 aromatic carbocycles. The number of carbonyl (C=O) groups is 2. The quantitative estimate of drug-likeness (QED) is 0.568. The van der Waals surface area contributed by atoms with E-state index in [-0.39, 0.29) is 12.3 Å². The van der Waals surface area contributed by atoms with Crippen LogP contribution < -0.4 is 15.8 Å². The number of primary amides is 1. The summed E-state index contributed by atoms with van der Waals surface area (Å²) >= 11 is 1.47. The molecular formula is C22H23N3O3S. The fourth-order valence-corrected chi connectivity index (χ4v) is 3.69. The second kappa shape index (κ2) is 9.84. The smallest absolute Gasteiger partial charge is 0.240 e. The van der Waals surface area contributed by atoms with Gasteiger partial charge in [0.25, 0.3) is 0 Å². The molecule has 0 saturated carbocycles. The maximum absolute atomic E-state index is 12.4. The van der Waals surface area contributed by atoms with Gasteiger partial charge in [-0.2, -0.15) is 0 Å². The predicted octanol–water partition coefficient (Wildman–Crippen LogP) is 2.96. The van der Waals surface area contributed by atoms with Gasteiger partial charge in [-0.25, -0.2) is 4.98 Å². The van der Waals surface area contributed by atoms with Crippen LogP contribution in [-0.2, 0) is 22.4 Å². The van der Waals surface area contributed by atoms with Gasteiger partial charge in [-0.05, 0) is 36.8 Å². The van der Waals surface area contributed by atoms with Crippen LogP contribution in [0.1, 0.15) is 18.2 Å². The highest BCUT2D eigenvalue weighted by Crippen LogP contribution is 2.26. The lowest BCUT2D eigenvalue weighted by molar-refractivity contribution is -0.127. The maximum atomic E-state index is 12.4. The molecule has 1 aromatic heterocycles. The lowest BCUT2D eigenvalue weighted by Gasteiger charge is -2.15. The fourth-order valence-electron chi connectivity index (χ4n) is 2.86. The number of nitrogens with one attached hydrogen (secondary N) is 1. The monoisotopic (exact) mass is 409 g/mol. The Bertz CT molecular complexity index is 955. The number of rotatable bonds is 9. The SMILES string of the molecule is CCOc1ccc(-c2nc(CC(=O)NC(Cc3ccccc3)C(N)=O)cs2)cc1. The Kier molecular flexibility index (Phi) is 6.97. The van der Waals surface area contributed by atoms with Crippen molar-refractivity contribution in [2.24, 2.45) is 5.73 Å². The van der Waals surface area contributed by atoms with E-state index in [9.17, 15) is 9.59 Å². The summed E-state index contributed by atoms with van der Waals surface area (Å²) in [4.78, 5) is 28.7. The molecule has 7 heteroatoms. The third-order valence-electron chi connectivity index (χ3n) is 4.27. The standard InChI is InChI=1S/C22H23N3O3S/c1-2-28-18-10-8-16(9-11-18)22-24-17(14-29-22)13-20(26)25-19(21(23)27)12-15-6-4-3-5-7-15/h3-11,14,19H,2,12-13H2,1H3,(H2,23,27)(H,25,26). The first-order chi connectivity index (χ1) is 14.0. The van der Waals surface area contributed by atoms with Crippen molar-refractivity contribution in [1.82, 2.24) is 10.3 Å². The Labute approximate surface area is 173 Å². The number of thiazole rings is 1. The van der Waals surface area contributed by atoms with Gasteiger partial charge in [0, 0.05) is 17.4 Å². The molecule has 3 aromatic rings. The molecule has 150 valence electrons. The molecule has 2 amide bonds. The van der Waals surface area contributed by atoms with Crippen LogP contribution in [-0.4, -0.2) is 29.4 Å². The minimum Gasteiger partial charge on any atom is -0.494 e. The molecule has 0 aliphatic rings. The molecule has 0 spiro atoms. The Morgan fingerprint density at radius 3 is 2.52 bits per heavy atom. The lowest BCUT2D eigenvalue weighted by Crippen LogP contribution is -2.46. The molecule has 0 saturated heterocycles. The first kappa shape index (κ1) is 20.5. The predicted molar refractivity (Wildman–Crippen MR) is 114 cm³/mol. The topological polar surface area (TPSA) is 94.3 Å². The molecule has 0 aliphatic carbocycles. The zero-order valence-corrected chi connectivity index (χ0v) is 16.9. The molecule has 0 aliphatic heterocycles. The van der Waals surface area contributed by atoms with Crippen LogP contribution in [0.3, 0.4) is 0 Å². The number of carbonyl (C=O) groups excluding carboxylic acids is 2. The van der Waals surface area contributed by atoms with Crippen molar-refractivity contribution in [2.75, 3.05) is 6.61 Å². The number of amides is 2. The Morgan fingerprint density at radius 1 is 1.14 bits per heavy atom. The van der Waals surface area contributed by atoms with Gasteiger partial charge in [0.15, 0.2) is 0 Å². The van der Waals surface area contributed by atoms with Crippen molar-refractivity contribution in [3.05, 3.63) is 71.2 Å². The second-order valence-electron chi connectivity index (χ2n) is 6.49. The van der Waals surface area contributed by atoms with Crippen LogP contribution in [0.2, 0.25) is 0 Å². The van der Waals surface area contributed by atoms with Gasteiger partial charge < -0.3 is 15.8 Å². The van der Waals surface area contributed by atoms with E-state index in [2.05, 4.69) is 10.3 Å². The molecule has 3 rings (SSSR count). The minimum atomic E-state index is -0.755. The van der Waals surface area contributed by atoms with Gasteiger partial charge in [-0.1, -0.05) is 30.3 Å². The highest BCUT2D eigenvalue weighted by Gasteiger charge is 2.19. The highest BCUT2D eigenvalue weighted by atomic mass is 32.1. The summed E-state index contributed by atoms with van der Waals surface area (Å²) in [5, 5.41) is 5.39. The zero-order chi connectivity index (χ0) is 20.6. The van der Waals surface area contributed by atoms with Crippen molar-refractivity contribution in [3.63, 3.8) is 0 Å². The molecule has 1 atom stereocenters. The van der Waals surface area contributed by atoms with Crippen LogP contribution in [0.15, 0.2) is 60.0 Å². The molecular weight excluding hydrogens is 386 g/mol. The van der Waals surface area contributed by atoms with Crippen LogP contribution in [0.25, 0.3) is 10.6 Å². The summed E-state index contributed by atoms with van der Waals surface area (Å²) in [5.41, 5.74) is 8.01. The van der Waals surface area contributed by atoms with Crippen LogP contribution in [0.4, 0.5) is 0 Å². The molecule has 0 fully saturated rings. The number of aromatic nitrogens is 1. The molecule has 29 heavy (non-hydrogen) atoms. The van der Waals surface area contributed by atoms with Gasteiger partial charge in [-0.3, -0.25) is 9.59 Å². The number of ether oxygens (including phenoxy) is 1. The number of nitrogens with zero attached hydrogens (tertiary/aromatic N) is 1. The fraction of sp³-hybridized carbons (Fsp3) is 0.227. The minimum absolute atomic E-state index is 0.0894. The lowest BCUT2D eigenvalue weighted by atomic mass is 10.1. The number of benzene rings is 2. The Balaban J connectivity index is 1.60.